The van der Waals surface area contributed by atoms with Crippen LogP contribution >= 0.6 is 23.7 Å². The first kappa shape index (κ1) is 16.2. The fraction of sp³-hybridized carbons (Fsp3) is 0.375. The van der Waals surface area contributed by atoms with E-state index in [2.05, 4.69) is 66.6 Å². The standard InChI is InChI=1S/C16H21NS.ClH/c1-3-17(4-2)15(16-11-8-12-18-16)13-14-9-6-5-7-10-14;/h5-12,15H,3-4,13H2,1-2H3;1H. The quantitative estimate of drug-likeness (QED) is 0.740. The van der Waals surface area contributed by atoms with Gasteiger partial charge in [0.2, 0.25) is 0 Å². The highest BCUT2D eigenvalue weighted by molar-refractivity contribution is 7.10. The fourth-order valence-electron chi connectivity index (χ4n) is 2.39. The van der Waals surface area contributed by atoms with Gasteiger partial charge < -0.3 is 0 Å². The lowest BCUT2D eigenvalue weighted by Crippen LogP contribution is -2.29. The van der Waals surface area contributed by atoms with Crippen LogP contribution in [0.15, 0.2) is 47.8 Å². The summed E-state index contributed by atoms with van der Waals surface area (Å²) in [5.41, 5.74) is 1.42. The summed E-state index contributed by atoms with van der Waals surface area (Å²) in [6.45, 7) is 6.70. The molecule has 3 heteroatoms. The summed E-state index contributed by atoms with van der Waals surface area (Å²) in [5, 5.41) is 2.18. The molecule has 1 aromatic heterocycles. The number of hydrogen-bond donors (Lipinski definition) is 0. The number of thiophene rings is 1. The van der Waals surface area contributed by atoms with E-state index >= 15 is 0 Å². The Labute approximate surface area is 126 Å². The minimum atomic E-state index is 0. The van der Waals surface area contributed by atoms with Crippen molar-refractivity contribution in [1.29, 1.82) is 0 Å². The number of halogens is 1. The van der Waals surface area contributed by atoms with E-state index in [9.17, 15) is 0 Å². The molecule has 1 heterocycles. The topological polar surface area (TPSA) is 3.24 Å². The second kappa shape index (κ2) is 8.36. The van der Waals surface area contributed by atoms with Crippen LogP contribution in [0.4, 0.5) is 0 Å². The van der Waals surface area contributed by atoms with E-state index in [-0.39, 0.29) is 12.4 Å². The highest BCUT2D eigenvalue weighted by atomic mass is 35.5. The molecular weight excluding hydrogens is 274 g/mol. The lowest BCUT2D eigenvalue weighted by molar-refractivity contribution is 0.220. The highest BCUT2D eigenvalue weighted by Gasteiger charge is 2.19. The second-order valence-corrected chi connectivity index (χ2v) is 5.42. The molecule has 0 aliphatic carbocycles. The molecule has 104 valence electrons. The van der Waals surface area contributed by atoms with Crippen LogP contribution < -0.4 is 0 Å². The Morgan fingerprint density at radius 2 is 1.68 bits per heavy atom. The van der Waals surface area contributed by atoms with Crippen LogP contribution in [0.1, 0.15) is 30.3 Å². The van der Waals surface area contributed by atoms with Crippen LogP contribution in [0, 0.1) is 0 Å². The summed E-state index contributed by atoms with van der Waals surface area (Å²) in [7, 11) is 0. The van der Waals surface area contributed by atoms with E-state index in [1.807, 2.05) is 11.3 Å². The van der Waals surface area contributed by atoms with Crippen molar-refractivity contribution >= 4 is 23.7 Å². The van der Waals surface area contributed by atoms with E-state index in [0.717, 1.165) is 19.5 Å². The SMILES string of the molecule is CCN(CC)C(Cc1ccccc1)c1cccs1.Cl. The first-order chi connectivity index (χ1) is 8.85. The van der Waals surface area contributed by atoms with E-state index in [1.54, 1.807) is 0 Å². The molecule has 1 aromatic carbocycles. The van der Waals surface area contributed by atoms with Gasteiger partial charge in [0, 0.05) is 10.9 Å². The minimum absolute atomic E-state index is 0. The molecule has 0 aliphatic rings. The maximum atomic E-state index is 2.54. The van der Waals surface area contributed by atoms with Gasteiger partial charge >= 0.3 is 0 Å². The van der Waals surface area contributed by atoms with Gasteiger partial charge in [0.05, 0.1) is 0 Å². The molecule has 0 saturated carbocycles. The third-order valence-electron chi connectivity index (χ3n) is 3.40. The average Bonchev–Trinajstić information content (AvgIpc) is 2.94. The van der Waals surface area contributed by atoms with Gasteiger partial charge in [0.25, 0.3) is 0 Å². The van der Waals surface area contributed by atoms with Crippen molar-refractivity contribution in [3.63, 3.8) is 0 Å². The summed E-state index contributed by atoms with van der Waals surface area (Å²) in [4.78, 5) is 4.02. The van der Waals surface area contributed by atoms with Crippen LogP contribution in [0.25, 0.3) is 0 Å². The van der Waals surface area contributed by atoms with Gasteiger partial charge in [-0.2, -0.15) is 0 Å². The number of nitrogens with zero attached hydrogens (tertiary/aromatic N) is 1. The average molecular weight is 296 g/mol. The Hall–Kier alpha value is -0.830. The molecule has 0 N–H and O–H groups in total. The smallest absolute Gasteiger partial charge is 0.0481 e. The number of hydrogen-bond acceptors (Lipinski definition) is 2. The third kappa shape index (κ3) is 4.34. The Morgan fingerprint density at radius 3 is 2.21 bits per heavy atom. The summed E-state index contributed by atoms with van der Waals surface area (Å²) < 4.78 is 0. The molecule has 0 radical (unpaired) electrons. The summed E-state index contributed by atoms with van der Waals surface area (Å²) >= 11 is 1.87. The Balaban J connectivity index is 0.00000180. The molecule has 0 aliphatic heterocycles. The van der Waals surface area contributed by atoms with Gasteiger partial charge in [0.1, 0.15) is 0 Å². The van der Waals surface area contributed by atoms with Crippen molar-refractivity contribution in [3.8, 4) is 0 Å². The lowest BCUT2D eigenvalue weighted by Gasteiger charge is -2.29. The van der Waals surface area contributed by atoms with Crippen molar-refractivity contribution < 1.29 is 0 Å². The zero-order chi connectivity index (χ0) is 12.8. The lowest BCUT2D eigenvalue weighted by atomic mass is 10.0. The predicted octanol–water partition coefficient (Wildman–Crippen LogP) is 4.80. The van der Waals surface area contributed by atoms with Crippen molar-refractivity contribution in [1.82, 2.24) is 4.90 Å². The predicted molar refractivity (Wildman–Crippen MR) is 87.4 cm³/mol. The molecule has 0 spiro atoms. The zero-order valence-corrected chi connectivity index (χ0v) is 13.2. The largest absolute Gasteiger partial charge is 0.296 e. The first-order valence-electron chi connectivity index (χ1n) is 6.66. The number of likely N-dealkylation sites (N-methyl/N-ethyl adjacent to an activating group) is 1. The van der Waals surface area contributed by atoms with Crippen molar-refractivity contribution in [2.45, 2.75) is 26.3 Å². The van der Waals surface area contributed by atoms with Gasteiger partial charge in [-0.3, -0.25) is 4.90 Å². The Bertz CT molecular complexity index is 437. The normalized spacial score (nSPS) is 12.2. The fourth-order valence-corrected chi connectivity index (χ4v) is 3.25. The van der Waals surface area contributed by atoms with Gasteiger partial charge in [-0.25, -0.2) is 0 Å². The number of rotatable bonds is 6. The van der Waals surface area contributed by atoms with E-state index in [4.69, 9.17) is 0 Å². The first-order valence-corrected chi connectivity index (χ1v) is 7.54. The van der Waals surface area contributed by atoms with E-state index < -0.39 is 0 Å². The maximum absolute atomic E-state index is 2.54. The summed E-state index contributed by atoms with van der Waals surface area (Å²) in [5.74, 6) is 0. The van der Waals surface area contributed by atoms with Crippen molar-refractivity contribution in [2.75, 3.05) is 13.1 Å². The maximum Gasteiger partial charge on any atom is 0.0481 e. The molecule has 2 aromatic rings. The highest BCUT2D eigenvalue weighted by Crippen LogP contribution is 2.28. The molecule has 1 unspecified atom stereocenters. The Kier molecular flexibility index (Phi) is 7.14. The molecule has 1 nitrogen and oxygen atoms in total. The van der Waals surface area contributed by atoms with Gasteiger partial charge in [-0.1, -0.05) is 50.2 Å². The number of benzene rings is 1. The Morgan fingerprint density at radius 1 is 1.00 bits per heavy atom. The second-order valence-electron chi connectivity index (χ2n) is 4.44. The van der Waals surface area contributed by atoms with Crippen molar-refractivity contribution in [2.24, 2.45) is 0 Å². The van der Waals surface area contributed by atoms with Gasteiger partial charge in [-0.15, -0.1) is 23.7 Å². The van der Waals surface area contributed by atoms with Crippen LogP contribution in [-0.2, 0) is 6.42 Å². The zero-order valence-electron chi connectivity index (χ0n) is 11.6. The van der Waals surface area contributed by atoms with Gasteiger partial charge in [0.15, 0.2) is 0 Å². The molecule has 0 amide bonds. The molecular formula is C16H22ClNS. The van der Waals surface area contributed by atoms with Crippen LogP contribution in [0.2, 0.25) is 0 Å². The molecule has 1 atom stereocenters. The monoisotopic (exact) mass is 295 g/mol. The van der Waals surface area contributed by atoms with Crippen LogP contribution in [-0.4, -0.2) is 18.0 Å². The molecule has 2 rings (SSSR count). The molecule has 0 saturated heterocycles. The summed E-state index contributed by atoms with van der Waals surface area (Å²) in [6.07, 6.45) is 1.10. The van der Waals surface area contributed by atoms with E-state index in [0.29, 0.717) is 6.04 Å². The van der Waals surface area contributed by atoms with Crippen LogP contribution in [0.3, 0.4) is 0 Å². The third-order valence-corrected chi connectivity index (χ3v) is 4.37. The molecule has 19 heavy (non-hydrogen) atoms. The van der Waals surface area contributed by atoms with Crippen molar-refractivity contribution in [3.05, 3.63) is 58.3 Å². The molecule has 0 fully saturated rings. The molecule has 0 bridgehead atoms. The van der Waals surface area contributed by atoms with E-state index in [1.165, 1.54) is 10.4 Å². The minimum Gasteiger partial charge on any atom is -0.296 e. The van der Waals surface area contributed by atoms with Crippen LogP contribution in [0.5, 0.6) is 0 Å². The summed E-state index contributed by atoms with van der Waals surface area (Å²) in [6, 6.07) is 15.7. The van der Waals surface area contributed by atoms with Gasteiger partial charge in [-0.05, 0) is 36.5 Å².